The number of aromatic nitrogens is 1. The van der Waals surface area contributed by atoms with Crippen molar-refractivity contribution in [2.45, 2.75) is 25.7 Å². The number of thiazole rings is 1. The number of hydrogen-bond acceptors (Lipinski definition) is 5. The average molecular weight is 373 g/mol. The molecule has 6 nitrogen and oxygen atoms in total. The normalized spacial score (nSPS) is 19.5. The van der Waals surface area contributed by atoms with Crippen molar-refractivity contribution in [2.75, 3.05) is 5.32 Å². The first kappa shape index (κ1) is 18.0. The van der Waals surface area contributed by atoms with Crippen LogP contribution in [0.15, 0.2) is 24.3 Å². The smallest absolute Gasteiger partial charge is 0.306 e. The Labute approximate surface area is 153 Å². The van der Waals surface area contributed by atoms with Gasteiger partial charge >= 0.3 is 5.97 Å². The monoisotopic (exact) mass is 373 g/mol. The Morgan fingerprint density at radius 2 is 1.81 bits per heavy atom. The fourth-order valence-corrected chi connectivity index (χ4v) is 3.85. The van der Waals surface area contributed by atoms with Crippen molar-refractivity contribution in [1.29, 1.82) is 5.26 Å². The molecule has 1 aliphatic carbocycles. The molecular weight excluding hydrogens is 357 g/mol. The Morgan fingerprint density at radius 1 is 1.19 bits per heavy atom. The van der Waals surface area contributed by atoms with E-state index in [1.807, 2.05) is 6.07 Å². The van der Waals surface area contributed by atoms with Gasteiger partial charge in [-0.2, -0.15) is 5.26 Å². The number of nitrogens with zero attached hydrogens (tertiary/aromatic N) is 2. The van der Waals surface area contributed by atoms with Crippen LogP contribution in [0.2, 0.25) is 0 Å². The molecule has 1 fully saturated rings. The van der Waals surface area contributed by atoms with Crippen molar-refractivity contribution >= 4 is 28.3 Å². The molecule has 1 saturated carbocycles. The largest absolute Gasteiger partial charge is 0.481 e. The van der Waals surface area contributed by atoms with Crippen LogP contribution in [0.5, 0.6) is 0 Å². The summed E-state index contributed by atoms with van der Waals surface area (Å²) in [6.07, 6.45) is 2.00. The fourth-order valence-electron chi connectivity index (χ4n) is 3.06. The highest BCUT2D eigenvalue weighted by Gasteiger charge is 2.30. The first-order valence-corrected chi connectivity index (χ1v) is 9.00. The van der Waals surface area contributed by atoms with Gasteiger partial charge in [0, 0.05) is 11.5 Å². The van der Waals surface area contributed by atoms with Crippen molar-refractivity contribution in [3.8, 4) is 17.3 Å². The molecule has 1 heterocycles. The number of carboxylic acids is 1. The third kappa shape index (κ3) is 3.89. The first-order valence-electron chi connectivity index (χ1n) is 8.18. The van der Waals surface area contributed by atoms with Crippen LogP contribution in [-0.2, 0) is 9.59 Å². The van der Waals surface area contributed by atoms with Crippen molar-refractivity contribution in [2.24, 2.45) is 11.8 Å². The summed E-state index contributed by atoms with van der Waals surface area (Å²) in [6.45, 7) is 0. The predicted octanol–water partition coefficient (Wildman–Crippen LogP) is 3.65. The van der Waals surface area contributed by atoms with Gasteiger partial charge in [-0.15, -0.1) is 0 Å². The molecule has 8 heteroatoms. The Balaban J connectivity index is 1.71. The molecule has 0 atom stereocenters. The molecule has 1 amide bonds. The predicted molar refractivity (Wildman–Crippen MR) is 93.9 cm³/mol. The number of halogens is 1. The number of aliphatic carboxylic acids is 1. The van der Waals surface area contributed by atoms with Gasteiger partial charge in [-0.05, 0) is 49.9 Å². The van der Waals surface area contributed by atoms with E-state index in [1.165, 1.54) is 24.3 Å². The zero-order chi connectivity index (χ0) is 18.7. The molecule has 0 bridgehead atoms. The Morgan fingerprint density at radius 3 is 2.38 bits per heavy atom. The maximum atomic E-state index is 13.1. The lowest BCUT2D eigenvalue weighted by molar-refractivity contribution is -0.143. The first-order chi connectivity index (χ1) is 12.5. The van der Waals surface area contributed by atoms with Crippen LogP contribution < -0.4 is 5.32 Å². The number of anilines is 1. The SMILES string of the molecule is N#Cc1sc(NC(=O)[C@H]2CC[C@H](C(=O)O)CC2)nc1-c1ccc(F)cc1. The third-order valence-electron chi connectivity index (χ3n) is 4.52. The van der Waals surface area contributed by atoms with Crippen molar-refractivity contribution in [3.05, 3.63) is 35.0 Å². The van der Waals surface area contributed by atoms with Crippen LogP contribution in [0.4, 0.5) is 9.52 Å². The van der Waals surface area contributed by atoms with Gasteiger partial charge in [-0.25, -0.2) is 9.37 Å². The lowest BCUT2D eigenvalue weighted by Crippen LogP contribution is -2.29. The van der Waals surface area contributed by atoms with Crippen LogP contribution in [0.25, 0.3) is 11.3 Å². The Bertz CT molecular complexity index is 865. The highest BCUT2D eigenvalue weighted by atomic mass is 32.1. The van der Waals surface area contributed by atoms with Crippen LogP contribution in [0, 0.1) is 29.0 Å². The summed E-state index contributed by atoms with van der Waals surface area (Å²) in [7, 11) is 0. The van der Waals surface area contributed by atoms with E-state index in [0.717, 1.165) is 11.3 Å². The van der Waals surface area contributed by atoms with E-state index < -0.39 is 5.97 Å². The zero-order valence-corrected chi connectivity index (χ0v) is 14.6. The second kappa shape index (κ2) is 7.62. The summed E-state index contributed by atoms with van der Waals surface area (Å²) in [6, 6.07) is 7.68. The fraction of sp³-hybridized carbons (Fsp3) is 0.333. The van der Waals surface area contributed by atoms with E-state index in [1.54, 1.807) is 0 Å². The summed E-state index contributed by atoms with van der Waals surface area (Å²) in [5, 5.41) is 21.4. The minimum atomic E-state index is -0.814. The van der Waals surface area contributed by atoms with E-state index in [4.69, 9.17) is 5.11 Å². The van der Waals surface area contributed by atoms with Gasteiger partial charge in [-0.1, -0.05) is 11.3 Å². The van der Waals surface area contributed by atoms with Crippen LogP contribution in [0.1, 0.15) is 30.6 Å². The van der Waals surface area contributed by atoms with Gasteiger partial charge in [0.2, 0.25) is 5.91 Å². The van der Waals surface area contributed by atoms with E-state index in [9.17, 15) is 19.2 Å². The molecule has 1 aliphatic rings. The number of benzene rings is 1. The lowest BCUT2D eigenvalue weighted by Gasteiger charge is -2.24. The highest BCUT2D eigenvalue weighted by molar-refractivity contribution is 7.16. The van der Waals surface area contributed by atoms with E-state index >= 15 is 0 Å². The van der Waals surface area contributed by atoms with Gasteiger partial charge in [0.1, 0.15) is 22.5 Å². The maximum absolute atomic E-state index is 13.1. The van der Waals surface area contributed by atoms with Gasteiger partial charge in [0.15, 0.2) is 5.13 Å². The van der Waals surface area contributed by atoms with E-state index in [0.29, 0.717) is 46.9 Å². The van der Waals surface area contributed by atoms with Gasteiger partial charge in [0.05, 0.1) is 5.92 Å². The van der Waals surface area contributed by atoms with Crippen molar-refractivity contribution in [3.63, 3.8) is 0 Å². The number of carboxylic acid groups (broad SMARTS) is 1. The molecule has 3 rings (SSSR count). The summed E-state index contributed by atoms with van der Waals surface area (Å²) < 4.78 is 13.1. The zero-order valence-electron chi connectivity index (χ0n) is 13.7. The second-order valence-electron chi connectivity index (χ2n) is 6.19. The second-order valence-corrected chi connectivity index (χ2v) is 7.19. The van der Waals surface area contributed by atoms with E-state index in [-0.39, 0.29) is 23.6 Å². The molecular formula is C18H16FN3O3S. The van der Waals surface area contributed by atoms with Crippen LogP contribution >= 0.6 is 11.3 Å². The van der Waals surface area contributed by atoms with Gasteiger partial charge in [0.25, 0.3) is 0 Å². The molecule has 0 spiro atoms. The summed E-state index contributed by atoms with van der Waals surface area (Å²) in [5.41, 5.74) is 1.00. The number of carbonyl (C=O) groups is 2. The summed E-state index contributed by atoms with van der Waals surface area (Å²) in [5.74, 6) is -2.04. The Hall–Kier alpha value is -2.79. The number of nitriles is 1. The molecule has 2 aromatic rings. The molecule has 0 unspecified atom stereocenters. The molecule has 1 aromatic carbocycles. The number of carbonyl (C=O) groups excluding carboxylic acids is 1. The van der Waals surface area contributed by atoms with Crippen molar-refractivity contribution in [1.82, 2.24) is 4.98 Å². The summed E-state index contributed by atoms with van der Waals surface area (Å²) in [4.78, 5) is 28.0. The third-order valence-corrected chi connectivity index (χ3v) is 5.40. The van der Waals surface area contributed by atoms with Gasteiger partial charge in [-0.3, -0.25) is 9.59 Å². The minimum Gasteiger partial charge on any atom is -0.481 e. The molecule has 1 aromatic heterocycles. The van der Waals surface area contributed by atoms with Crippen LogP contribution in [0.3, 0.4) is 0 Å². The number of hydrogen-bond donors (Lipinski definition) is 2. The highest BCUT2D eigenvalue weighted by Crippen LogP contribution is 2.33. The number of rotatable bonds is 4. The maximum Gasteiger partial charge on any atom is 0.306 e. The van der Waals surface area contributed by atoms with Crippen molar-refractivity contribution < 1.29 is 19.1 Å². The minimum absolute atomic E-state index is 0.210. The van der Waals surface area contributed by atoms with E-state index in [2.05, 4.69) is 10.3 Å². The molecule has 0 radical (unpaired) electrons. The average Bonchev–Trinajstić information content (AvgIpc) is 3.05. The molecule has 2 N–H and O–H groups in total. The lowest BCUT2D eigenvalue weighted by atomic mass is 9.81. The molecule has 0 aliphatic heterocycles. The topological polar surface area (TPSA) is 103 Å². The summed E-state index contributed by atoms with van der Waals surface area (Å²) >= 11 is 1.06. The van der Waals surface area contributed by atoms with Crippen LogP contribution in [-0.4, -0.2) is 22.0 Å². The molecule has 26 heavy (non-hydrogen) atoms. The molecule has 0 saturated heterocycles. The standard InChI is InChI=1S/C18H16FN3O3S/c19-13-7-5-10(6-8-13)15-14(9-20)26-18(21-15)22-16(23)11-1-3-12(4-2-11)17(24)25/h5-8,11-12H,1-4H2,(H,24,25)(H,21,22,23)/t11-,12-. The quantitative estimate of drug-likeness (QED) is 0.851. The molecule has 134 valence electrons. The number of nitrogens with one attached hydrogen (secondary N) is 1. The Kier molecular flexibility index (Phi) is 5.28. The van der Waals surface area contributed by atoms with Gasteiger partial charge < -0.3 is 10.4 Å². The number of amides is 1.